The molecule has 1 aliphatic heterocycles. The first-order valence-electron chi connectivity index (χ1n) is 8.98. The molecular formula is C19H17F3N4O2S2. The van der Waals surface area contributed by atoms with Gasteiger partial charge in [0.2, 0.25) is 5.95 Å². The van der Waals surface area contributed by atoms with Crippen molar-refractivity contribution in [2.75, 3.05) is 18.0 Å². The average molecular weight is 454 g/mol. The molecule has 1 aliphatic rings. The van der Waals surface area contributed by atoms with E-state index in [1.165, 1.54) is 12.4 Å². The summed E-state index contributed by atoms with van der Waals surface area (Å²) in [6.07, 6.45) is -2.00. The lowest BCUT2D eigenvalue weighted by atomic mass is 9.99. The van der Waals surface area contributed by atoms with Crippen molar-refractivity contribution in [3.8, 4) is 0 Å². The number of aliphatic hydroxyl groups is 1. The van der Waals surface area contributed by atoms with Crippen LogP contribution in [0.4, 0.5) is 19.1 Å². The molecule has 11 heteroatoms. The van der Waals surface area contributed by atoms with Gasteiger partial charge in [0.1, 0.15) is 11.2 Å². The van der Waals surface area contributed by atoms with Crippen molar-refractivity contribution in [3.63, 3.8) is 0 Å². The Morgan fingerprint density at radius 3 is 2.73 bits per heavy atom. The summed E-state index contributed by atoms with van der Waals surface area (Å²) in [5.74, 6) is 0.175. The van der Waals surface area contributed by atoms with Crippen molar-refractivity contribution in [1.82, 2.24) is 14.5 Å². The highest BCUT2D eigenvalue weighted by atomic mass is 32.1. The van der Waals surface area contributed by atoms with Gasteiger partial charge in [-0.15, -0.1) is 22.7 Å². The lowest BCUT2D eigenvalue weighted by Crippen LogP contribution is -2.40. The van der Waals surface area contributed by atoms with Crippen molar-refractivity contribution in [2.45, 2.75) is 25.7 Å². The van der Waals surface area contributed by atoms with Crippen molar-refractivity contribution in [1.29, 1.82) is 0 Å². The third-order valence-corrected chi connectivity index (χ3v) is 6.63. The van der Waals surface area contributed by atoms with Gasteiger partial charge in [-0.2, -0.15) is 18.2 Å². The smallest absolute Gasteiger partial charge is 0.387 e. The van der Waals surface area contributed by atoms with Gasteiger partial charge in [0.25, 0.3) is 0 Å². The van der Waals surface area contributed by atoms with E-state index >= 15 is 0 Å². The third-order valence-electron chi connectivity index (χ3n) is 4.65. The topological polar surface area (TPSA) is 71.2 Å². The van der Waals surface area contributed by atoms with Gasteiger partial charge in [-0.1, -0.05) is 6.08 Å². The summed E-state index contributed by atoms with van der Waals surface area (Å²) < 4.78 is 39.4. The normalized spacial score (nSPS) is 17.3. The van der Waals surface area contributed by atoms with E-state index in [1.807, 2.05) is 24.4 Å². The monoisotopic (exact) mass is 454 g/mol. The third kappa shape index (κ3) is 4.32. The zero-order valence-electron chi connectivity index (χ0n) is 15.8. The predicted octanol–water partition coefficient (Wildman–Crippen LogP) is 3.40. The quantitative estimate of drug-likeness (QED) is 0.654. The van der Waals surface area contributed by atoms with E-state index in [0.29, 0.717) is 22.8 Å². The number of aromatic nitrogens is 3. The van der Waals surface area contributed by atoms with Gasteiger partial charge < -0.3 is 10.0 Å². The Hall–Kier alpha value is -2.50. The number of alkyl halides is 3. The first-order chi connectivity index (χ1) is 14.2. The van der Waals surface area contributed by atoms with Gasteiger partial charge in [0.15, 0.2) is 0 Å². The lowest BCUT2D eigenvalue weighted by molar-refractivity contribution is -0.134. The highest BCUT2D eigenvalue weighted by molar-refractivity contribution is 7.12. The first-order valence-corrected chi connectivity index (χ1v) is 10.7. The van der Waals surface area contributed by atoms with Gasteiger partial charge in [0, 0.05) is 16.3 Å². The van der Waals surface area contributed by atoms with Crippen molar-refractivity contribution < 1.29 is 18.3 Å². The lowest BCUT2D eigenvalue weighted by Gasteiger charge is -2.30. The van der Waals surface area contributed by atoms with Crippen LogP contribution in [0.5, 0.6) is 0 Å². The summed E-state index contributed by atoms with van der Waals surface area (Å²) in [4.78, 5) is 23.0. The second-order valence-electron chi connectivity index (χ2n) is 6.86. The Labute approximate surface area is 177 Å². The zero-order chi connectivity index (χ0) is 21.5. The molecule has 4 rings (SSSR count). The molecule has 6 nitrogen and oxygen atoms in total. The van der Waals surface area contributed by atoms with Crippen LogP contribution in [0, 0.1) is 6.92 Å². The molecule has 0 fully saturated rings. The van der Waals surface area contributed by atoms with Gasteiger partial charge in [-0.3, -0.25) is 4.57 Å². The van der Waals surface area contributed by atoms with Gasteiger partial charge in [-0.25, -0.2) is 9.78 Å². The number of rotatable bonds is 4. The van der Waals surface area contributed by atoms with Crippen LogP contribution in [0.2, 0.25) is 0 Å². The van der Waals surface area contributed by atoms with Crippen molar-refractivity contribution in [3.05, 3.63) is 66.7 Å². The maximum atomic E-state index is 12.7. The molecule has 0 radical (unpaired) electrons. The Morgan fingerprint density at radius 2 is 2.13 bits per heavy atom. The highest BCUT2D eigenvalue weighted by Gasteiger charge is 2.32. The number of nitrogens with zero attached hydrogens (tertiary/aromatic N) is 4. The fourth-order valence-electron chi connectivity index (χ4n) is 3.19. The molecule has 0 amide bonds. The molecule has 1 N–H and O–H groups in total. The number of hydrogen-bond donors (Lipinski definition) is 1. The van der Waals surface area contributed by atoms with Crippen LogP contribution in [0.15, 0.2) is 40.8 Å². The van der Waals surface area contributed by atoms with Crippen LogP contribution in [0.3, 0.4) is 0 Å². The number of halogens is 3. The Balaban J connectivity index is 1.49. The first kappa shape index (κ1) is 20.8. The molecule has 0 aromatic carbocycles. The minimum absolute atomic E-state index is 0.0377. The number of β-amino-alcohol motifs (C(OH)–C–C–N with tert-alkyl or cyclic N) is 1. The fraction of sp³-hybridized carbons (Fsp3) is 0.316. The molecule has 0 spiro atoms. The van der Waals surface area contributed by atoms with Crippen LogP contribution >= 0.6 is 22.7 Å². The van der Waals surface area contributed by atoms with Crippen LogP contribution in [-0.2, 0) is 12.7 Å². The summed E-state index contributed by atoms with van der Waals surface area (Å²) in [5, 5.41) is 12.5. The second-order valence-corrected chi connectivity index (χ2v) is 9.14. The maximum Gasteiger partial charge on any atom is 0.425 e. The molecule has 1 atom stereocenters. The molecular weight excluding hydrogens is 437 g/mol. The van der Waals surface area contributed by atoms with Crippen LogP contribution in [-0.4, -0.2) is 38.8 Å². The van der Waals surface area contributed by atoms with Gasteiger partial charge in [-0.05, 0) is 41.6 Å². The number of aliphatic hydroxyl groups excluding tert-OH is 1. The summed E-state index contributed by atoms with van der Waals surface area (Å²) >= 11 is 2.19. The average Bonchev–Trinajstić information content (AvgIpc) is 3.32. The molecule has 1 unspecified atom stereocenters. The summed E-state index contributed by atoms with van der Waals surface area (Å²) in [7, 11) is 0. The molecule has 30 heavy (non-hydrogen) atoms. The van der Waals surface area contributed by atoms with E-state index in [4.69, 9.17) is 0 Å². The van der Waals surface area contributed by atoms with E-state index in [1.54, 1.807) is 16.2 Å². The number of thiophene rings is 2. The minimum Gasteiger partial charge on any atom is -0.387 e. The number of anilines is 1. The van der Waals surface area contributed by atoms with Crippen LogP contribution < -0.4 is 10.6 Å². The molecule has 0 aliphatic carbocycles. The highest BCUT2D eigenvalue weighted by Crippen LogP contribution is 2.34. The summed E-state index contributed by atoms with van der Waals surface area (Å²) in [6, 6.07) is 4.35. The second kappa shape index (κ2) is 7.97. The van der Waals surface area contributed by atoms with Crippen LogP contribution in [0.25, 0.3) is 5.57 Å². The Kier molecular flexibility index (Phi) is 5.51. The molecule has 3 aromatic rings. The minimum atomic E-state index is -4.41. The fourth-order valence-corrected chi connectivity index (χ4v) is 4.77. The van der Waals surface area contributed by atoms with E-state index < -0.39 is 22.8 Å². The van der Waals surface area contributed by atoms with Crippen molar-refractivity contribution >= 4 is 34.2 Å². The molecule has 0 saturated carbocycles. The molecule has 158 valence electrons. The van der Waals surface area contributed by atoms with E-state index in [2.05, 4.69) is 9.97 Å². The number of hydrogen-bond acceptors (Lipinski definition) is 7. The number of aryl methyl sites for hydroxylation is 1. The predicted molar refractivity (Wildman–Crippen MR) is 110 cm³/mol. The Bertz CT molecular complexity index is 1150. The SMILES string of the molecule is Cc1cc(C2=CCN(c3ncn(Cc4ccc(C(F)(F)F)s4)c(=O)n3)CC2O)cs1. The Morgan fingerprint density at radius 1 is 1.33 bits per heavy atom. The summed E-state index contributed by atoms with van der Waals surface area (Å²) in [5.41, 5.74) is 1.21. The largest absolute Gasteiger partial charge is 0.425 e. The van der Waals surface area contributed by atoms with Gasteiger partial charge in [0.05, 0.1) is 19.2 Å². The van der Waals surface area contributed by atoms with Gasteiger partial charge >= 0.3 is 11.9 Å². The van der Waals surface area contributed by atoms with E-state index in [9.17, 15) is 23.1 Å². The van der Waals surface area contributed by atoms with E-state index in [0.717, 1.165) is 26.6 Å². The summed E-state index contributed by atoms with van der Waals surface area (Å²) in [6.45, 7) is 2.64. The zero-order valence-corrected chi connectivity index (χ0v) is 17.4. The molecule has 0 saturated heterocycles. The molecule has 4 heterocycles. The molecule has 0 bridgehead atoms. The van der Waals surface area contributed by atoms with Crippen molar-refractivity contribution in [2.24, 2.45) is 0 Å². The van der Waals surface area contributed by atoms with Crippen LogP contribution in [0.1, 0.15) is 20.2 Å². The standard InChI is InChI=1S/C19H17F3N4O2S2/c1-11-6-12(9-29-11)14-4-5-25(8-15(14)27)17-23-10-26(18(28)24-17)7-13-2-3-16(30-13)19(20,21)22/h2-4,6,9-10,15,27H,5,7-8H2,1H3. The van der Waals surface area contributed by atoms with E-state index in [-0.39, 0.29) is 19.0 Å². The molecule has 3 aromatic heterocycles. The maximum absolute atomic E-state index is 12.7.